The summed E-state index contributed by atoms with van der Waals surface area (Å²) < 4.78 is 0. The third-order valence-electron chi connectivity index (χ3n) is 5.05. The second-order valence-electron chi connectivity index (χ2n) is 6.16. The highest BCUT2D eigenvalue weighted by molar-refractivity contribution is 5.84. The lowest BCUT2D eigenvalue weighted by Crippen LogP contribution is -2.46. The molecule has 100 valence electrons. The Hall–Kier alpha value is -1.35. The average molecular weight is 256 g/mol. The summed E-state index contributed by atoms with van der Waals surface area (Å²) in [5.41, 5.74) is 2.53. The van der Waals surface area contributed by atoms with Crippen LogP contribution >= 0.6 is 0 Å². The monoisotopic (exact) mass is 256 g/mol. The smallest absolute Gasteiger partial charge is 0.244 e. The van der Waals surface area contributed by atoms with Gasteiger partial charge in [-0.05, 0) is 42.7 Å². The molecule has 1 aliphatic carbocycles. The second kappa shape index (κ2) is 4.34. The minimum atomic E-state index is -0.107. The number of carbonyl (C=O) groups is 1. The van der Waals surface area contributed by atoms with Crippen LogP contribution in [0.5, 0.6) is 0 Å². The molecule has 3 heteroatoms. The van der Waals surface area contributed by atoms with Crippen LogP contribution in [0.3, 0.4) is 0 Å². The molecular formula is C16H20N2O. The molecule has 1 aromatic carbocycles. The number of amides is 1. The molecule has 0 radical (unpaired) electrons. The van der Waals surface area contributed by atoms with E-state index in [-0.39, 0.29) is 6.04 Å². The number of nitrogens with zero attached hydrogens (tertiary/aromatic N) is 1. The molecule has 1 saturated carbocycles. The van der Waals surface area contributed by atoms with E-state index in [0.717, 1.165) is 25.4 Å². The lowest BCUT2D eigenvalue weighted by atomic mass is 9.93. The highest BCUT2D eigenvalue weighted by Crippen LogP contribution is 2.39. The Bertz CT molecular complexity index is 513. The van der Waals surface area contributed by atoms with Crippen LogP contribution in [0.4, 0.5) is 0 Å². The highest BCUT2D eigenvalue weighted by Gasteiger charge is 2.42. The van der Waals surface area contributed by atoms with Gasteiger partial charge in [-0.15, -0.1) is 0 Å². The molecule has 1 aromatic rings. The maximum atomic E-state index is 12.8. The summed E-state index contributed by atoms with van der Waals surface area (Å²) in [5.74, 6) is 1.08. The molecule has 0 aromatic heterocycles. The van der Waals surface area contributed by atoms with E-state index in [1.54, 1.807) is 0 Å². The van der Waals surface area contributed by atoms with Crippen LogP contribution in [0.25, 0.3) is 0 Å². The van der Waals surface area contributed by atoms with Crippen molar-refractivity contribution >= 4 is 5.91 Å². The minimum Gasteiger partial charge on any atom is -0.338 e. The molecule has 3 atom stereocenters. The van der Waals surface area contributed by atoms with Crippen LogP contribution < -0.4 is 5.32 Å². The fourth-order valence-electron chi connectivity index (χ4n) is 4.09. The molecule has 1 saturated heterocycles. The average Bonchev–Trinajstić information content (AvgIpc) is 3.08. The third-order valence-corrected chi connectivity index (χ3v) is 5.05. The number of rotatable bonds is 1. The van der Waals surface area contributed by atoms with Gasteiger partial charge in [-0.2, -0.15) is 0 Å². The van der Waals surface area contributed by atoms with Crippen LogP contribution in [-0.2, 0) is 11.2 Å². The summed E-state index contributed by atoms with van der Waals surface area (Å²) in [6, 6.07) is 8.80. The Balaban J connectivity index is 1.61. The number of piperidine rings is 1. The number of hydrogen-bond acceptors (Lipinski definition) is 2. The molecule has 3 nitrogen and oxygen atoms in total. The number of carbonyl (C=O) groups excluding carboxylic acids is 1. The normalized spacial score (nSPS) is 32.4. The Kier molecular flexibility index (Phi) is 2.62. The minimum absolute atomic E-state index is 0.107. The largest absolute Gasteiger partial charge is 0.338 e. The van der Waals surface area contributed by atoms with Gasteiger partial charge >= 0.3 is 0 Å². The van der Waals surface area contributed by atoms with Gasteiger partial charge in [0, 0.05) is 19.1 Å². The van der Waals surface area contributed by atoms with Gasteiger partial charge in [0.25, 0.3) is 0 Å². The predicted octanol–water partition coefficient (Wildman–Crippen LogP) is 1.88. The van der Waals surface area contributed by atoms with E-state index in [2.05, 4.69) is 28.4 Å². The third kappa shape index (κ3) is 1.79. The van der Waals surface area contributed by atoms with Crippen LogP contribution in [0.1, 0.15) is 36.4 Å². The van der Waals surface area contributed by atoms with Gasteiger partial charge < -0.3 is 10.2 Å². The summed E-state index contributed by atoms with van der Waals surface area (Å²) in [6.45, 7) is 1.90. The van der Waals surface area contributed by atoms with Crippen molar-refractivity contribution in [1.29, 1.82) is 0 Å². The van der Waals surface area contributed by atoms with Gasteiger partial charge in [0.15, 0.2) is 0 Å². The number of hydrogen-bond donors (Lipinski definition) is 1. The van der Waals surface area contributed by atoms with Crippen LogP contribution in [0.2, 0.25) is 0 Å². The van der Waals surface area contributed by atoms with Gasteiger partial charge in [0.1, 0.15) is 6.04 Å². The van der Waals surface area contributed by atoms with Gasteiger partial charge in [0.05, 0.1) is 0 Å². The molecule has 3 unspecified atom stereocenters. The van der Waals surface area contributed by atoms with Gasteiger partial charge in [-0.25, -0.2) is 0 Å². The lowest BCUT2D eigenvalue weighted by molar-refractivity contribution is -0.135. The molecule has 1 amide bonds. The highest BCUT2D eigenvalue weighted by atomic mass is 16.2. The number of fused-ring (bicyclic) bond motifs is 3. The van der Waals surface area contributed by atoms with Crippen molar-refractivity contribution in [2.75, 3.05) is 13.1 Å². The van der Waals surface area contributed by atoms with E-state index in [1.165, 1.54) is 30.4 Å². The summed E-state index contributed by atoms with van der Waals surface area (Å²) >= 11 is 0. The van der Waals surface area contributed by atoms with Crippen molar-refractivity contribution in [3.63, 3.8) is 0 Å². The zero-order valence-electron chi connectivity index (χ0n) is 11.1. The molecule has 2 bridgehead atoms. The first kappa shape index (κ1) is 11.5. The molecule has 4 rings (SSSR count). The van der Waals surface area contributed by atoms with Crippen molar-refractivity contribution in [2.45, 2.75) is 37.8 Å². The van der Waals surface area contributed by atoms with Crippen molar-refractivity contribution in [1.82, 2.24) is 10.2 Å². The Morgan fingerprint density at radius 3 is 2.95 bits per heavy atom. The number of benzene rings is 1. The van der Waals surface area contributed by atoms with Crippen molar-refractivity contribution < 1.29 is 4.79 Å². The Labute approximate surface area is 114 Å². The Morgan fingerprint density at radius 2 is 2.16 bits per heavy atom. The van der Waals surface area contributed by atoms with E-state index in [1.807, 2.05) is 6.07 Å². The van der Waals surface area contributed by atoms with E-state index in [4.69, 9.17) is 0 Å². The molecule has 3 aliphatic rings. The zero-order valence-corrected chi connectivity index (χ0v) is 11.1. The van der Waals surface area contributed by atoms with E-state index >= 15 is 0 Å². The maximum absolute atomic E-state index is 12.8. The van der Waals surface area contributed by atoms with Crippen LogP contribution in [0.15, 0.2) is 24.3 Å². The molecule has 1 N–H and O–H groups in total. The molecule has 2 fully saturated rings. The first-order valence-electron chi connectivity index (χ1n) is 7.44. The van der Waals surface area contributed by atoms with E-state index < -0.39 is 0 Å². The molecule has 2 aliphatic heterocycles. The summed E-state index contributed by atoms with van der Waals surface area (Å²) in [6.07, 6.45) is 4.81. The van der Waals surface area contributed by atoms with E-state index in [9.17, 15) is 4.79 Å². The zero-order chi connectivity index (χ0) is 12.8. The predicted molar refractivity (Wildman–Crippen MR) is 73.7 cm³/mol. The topological polar surface area (TPSA) is 32.3 Å². The number of nitrogens with one attached hydrogen (secondary N) is 1. The van der Waals surface area contributed by atoms with Crippen molar-refractivity contribution in [3.8, 4) is 0 Å². The van der Waals surface area contributed by atoms with Crippen LogP contribution in [0, 0.1) is 5.92 Å². The summed E-state index contributed by atoms with van der Waals surface area (Å²) in [5, 5.41) is 3.42. The molecular weight excluding hydrogens is 236 g/mol. The van der Waals surface area contributed by atoms with Gasteiger partial charge in [0.2, 0.25) is 5.91 Å². The standard InChI is InChI=1S/C16H20N2O/c19-16(18-10-11-5-6-13(18)9-11)15-14-4-2-1-3-12(14)7-8-17-15/h1-4,11,13,15,17H,5-10H2. The summed E-state index contributed by atoms with van der Waals surface area (Å²) in [4.78, 5) is 15.0. The fraction of sp³-hybridized carbons (Fsp3) is 0.562. The maximum Gasteiger partial charge on any atom is 0.244 e. The SMILES string of the molecule is O=C(C1NCCc2ccccc21)N1CC2CCC1C2. The van der Waals surface area contributed by atoms with Gasteiger partial charge in [-0.1, -0.05) is 24.3 Å². The Morgan fingerprint density at radius 1 is 1.26 bits per heavy atom. The summed E-state index contributed by atoms with van der Waals surface area (Å²) in [7, 11) is 0. The first-order chi connectivity index (χ1) is 9.33. The first-order valence-corrected chi connectivity index (χ1v) is 7.44. The second-order valence-corrected chi connectivity index (χ2v) is 6.16. The quantitative estimate of drug-likeness (QED) is 0.832. The van der Waals surface area contributed by atoms with E-state index in [0.29, 0.717) is 11.9 Å². The molecule has 2 heterocycles. The van der Waals surface area contributed by atoms with Crippen molar-refractivity contribution in [2.24, 2.45) is 5.92 Å². The molecule has 19 heavy (non-hydrogen) atoms. The fourth-order valence-corrected chi connectivity index (χ4v) is 4.09. The van der Waals surface area contributed by atoms with Gasteiger partial charge in [-0.3, -0.25) is 4.79 Å². The van der Waals surface area contributed by atoms with Crippen LogP contribution in [-0.4, -0.2) is 29.9 Å². The molecule has 0 spiro atoms. The number of likely N-dealkylation sites (tertiary alicyclic amines) is 1. The van der Waals surface area contributed by atoms with Crippen molar-refractivity contribution in [3.05, 3.63) is 35.4 Å². The lowest BCUT2D eigenvalue weighted by Gasteiger charge is -2.33.